The maximum atomic E-state index is 3.73. The van der Waals surface area contributed by atoms with Gasteiger partial charge in [-0.2, -0.15) is 0 Å². The zero-order chi connectivity index (χ0) is 9.90. The van der Waals surface area contributed by atoms with E-state index in [2.05, 4.69) is 51.6 Å². The molecule has 0 aliphatic heterocycles. The van der Waals surface area contributed by atoms with Gasteiger partial charge in [0.1, 0.15) is 0 Å². The summed E-state index contributed by atoms with van der Waals surface area (Å²) in [5, 5.41) is 0. The lowest BCUT2D eigenvalue weighted by atomic mass is 9.86. The lowest BCUT2D eigenvalue weighted by Crippen LogP contribution is -2.10. The van der Waals surface area contributed by atoms with Crippen LogP contribution in [0.15, 0.2) is 36.9 Å². The lowest BCUT2D eigenvalue weighted by molar-refractivity contribution is 0.590. The highest BCUT2D eigenvalue weighted by molar-refractivity contribution is 8.93. The maximum Gasteiger partial charge on any atom is -0.0100 e. The highest BCUT2D eigenvalue weighted by Crippen LogP contribution is 2.22. The summed E-state index contributed by atoms with van der Waals surface area (Å²) >= 11 is 0. The van der Waals surface area contributed by atoms with Crippen LogP contribution in [0.2, 0.25) is 0 Å². The van der Waals surface area contributed by atoms with E-state index < -0.39 is 0 Å². The van der Waals surface area contributed by atoms with Gasteiger partial charge >= 0.3 is 0 Å². The second-order valence-electron chi connectivity index (χ2n) is 4.44. The summed E-state index contributed by atoms with van der Waals surface area (Å²) in [4.78, 5) is 0. The summed E-state index contributed by atoms with van der Waals surface area (Å²) in [6, 6.07) is 8.78. The molecule has 1 aromatic rings. The van der Waals surface area contributed by atoms with E-state index in [4.69, 9.17) is 0 Å². The number of benzene rings is 1. The minimum atomic E-state index is 0. The van der Waals surface area contributed by atoms with Crippen molar-refractivity contribution in [1.29, 1.82) is 0 Å². The Labute approximate surface area is 97.8 Å². The van der Waals surface area contributed by atoms with Crippen LogP contribution in [0.1, 0.15) is 31.9 Å². The third-order valence-corrected chi connectivity index (χ3v) is 2.20. The quantitative estimate of drug-likeness (QED) is 0.691. The van der Waals surface area contributed by atoms with Gasteiger partial charge in [-0.1, -0.05) is 51.1 Å². The Morgan fingerprint density at radius 3 is 2.00 bits per heavy atom. The minimum Gasteiger partial charge on any atom is -0.114 e. The molecule has 78 valence electrons. The van der Waals surface area contributed by atoms with Gasteiger partial charge in [0.25, 0.3) is 0 Å². The molecule has 0 aliphatic carbocycles. The van der Waals surface area contributed by atoms with Gasteiger partial charge in [-0.25, -0.2) is 0 Å². The number of rotatable bonds is 2. The van der Waals surface area contributed by atoms with Gasteiger partial charge in [-0.15, -0.1) is 23.6 Å². The van der Waals surface area contributed by atoms with Gasteiger partial charge in [0, 0.05) is 0 Å². The van der Waals surface area contributed by atoms with Crippen molar-refractivity contribution in [3.63, 3.8) is 0 Å². The second kappa shape index (κ2) is 5.35. The molecule has 0 atom stereocenters. The van der Waals surface area contributed by atoms with E-state index in [-0.39, 0.29) is 22.4 Å². The van der Waals surface area contributed by atoms with Crippen LogP contribution in [-0.4, -0.2) is 0 Å². The molecule has 0 aliphatic rings. The molecular formula is C13H19Br. The molecule has 0 spiro atoms. The molecule has 0 N–H and O–H groups in total. The molecular weight excluding hydrogens is 236 g/mol. The van der Waals surface area contributed by atoms with Gasteiger partial charge in [0.2, 0.25) is 0 Å². The predicted octanol–water partition coefficient (Wildman–Crippen LogP) is 4.29. The van der Waals surface area contributed by atoms with Crippen LogP contribution >= 0.6 is 17.0 Å². The summed E-state index contributed by atoms with van der Waals surface area (Å²) in [5.74, 6) is 0. The number of hydrogen-bond donors (Lipinski definition) is 0. The van der Waals surface area contributed by atoms with Crippen LogP contribution in [0.4, 0.5) is 0 Å². The van der Waals surface area contributed by atoms with Crippen LogP contribution in [0.5, 0.6) is 0 Å². The van der Waals surface area contributed by atoms with Gasteiger partial charge in [-0.05, 0) is 23.0 Å². The first-order chi connectivity index (χ1) is 6.04. The summed E-state index contributed by atoms with van der Waals surface area (Å²) in [5.41, 5.74) is 2.98. The highest BCUT2D eigenvalue weighted by Gasteiger charge is 2.12. The first-order valence-electron chi connectivity index (χ1n) is 4.74. The molecule has 0 saturated carbocycles. The molecule has 0 fully saturated rings. The summed E-state index contributed by atoms with van der Waals surface area (Å²) in [7, 11) is 0. The average molecular weight is 255 g/mol. The number of halogens is 1. The van der Waals surface area contributed by atoms with Crippen LogP contribution in [-0.2, 0) is 11.8 Å². The van der Waals surface area contributed by atoms with E-state index >= 15 is 0 Å². The molecule has 1 heteroatoms. The van der Waals surface area contributed by atoms with Crippen molar-refractivity contribution in [2.45, 2.75) is 32.6 Å². The van der Waals surface area contributed by atoms with Gasteiger partial charge in [0.15, 0.2) is 0 Å². The molecule has 0 unspecified atom stereocenters. The molecule has 0 bridgehead atoms. The van der Waals surface area contributed by atoms with Crippen LogP contribution in [0.3, 0.4) is 0 Å². The first kappa shape index (κ1) is 13.4. The molecule has 0 nitrogen and oxygen atoms in total. The Balaban J connectivity index is 0.00000169. The summed E-state index contributed by atoms with van der Waals surface area (Å²) in [6.07, 6.45) is 2.90. The molecule has 14 heavy (non-hydrogen) atoms. The molecule has 0 radical (unpaired) electrons. The molecule has 0 saturated heterocycles. The Morgan fingerprint density at radius 1 is 1.14 bits per heavy atom. The third-order valence-electron chi connectivity index (χ3n) is 2.20. The van der Waals surface area contributed by atoms with Crippen LogP contribution in [0.25, 0.3) is 0 Å². The third kappa shape index (κ3) is 3.67. The smallest absolute Gasteiger partial charge is 0.0100 e. The lowest BCUT2D eigenvalue weighted by Gasteiger charge is -2.18. The topological polar surface area (TPSA) is 0 Å². The van der Waals surface area contributed by atoms with Gasteiger partial charge in [0.05, 0.1) is 0 Å². The predicted molar refractivity (Wildman–Crippen MR) is 69.4 cm³/mol. The molecule has 1 aromatic carbocycles. The zero-order valence-electron chi connectivity index (χ0n) is 9.21. The minimum absolute atomic E-state index is 0. The van der Waals surface area contributed by atoms with E-state index in [0.29, 0.717) is 0 Å². The molecule has 1 rings (SSSR count). The fourth-order valence-electron chi connectivity index (χ4n) is 1.31. The second-order valence-corrected chi connectivity index (χ2v) is 4.44. The largest absolute Gasteiger partial charge is 0.114 e. The van der Waals surface area contributed by atoms with Crippen molar-refractivity contribution < 1.29 is 0 Å². The molecule has 0 aromatic heterocycles. The van der Waals surface area contributed by atoms with E-state index in [0.717, 1.165) is 6.42 Å². The molecule has 0 amide bonds. The van der Waals surface area contributed by atoms with E-state index in [1.165, 1.54) is 11.1 Å². The van der Waals surface area contributed by atoms with Crippen molar-refractivity contribution in [2.24, 2.45) is 0 Å². The maximum absolute atomic E-state index is 3.73. The van der Waals surface area contributed by atoms with Crippen molar-refractivity contribution in [3.05, 3.63) is 48.0 Å². The average Bonchev–Trinajstić information content (AvgIpc) is 2.04. The van der Waals surface area contributed by atoms with Crippen molar-refractivity contribution in [3.8, 4) is 0 Å². The zero-order valence-corrected chi connectivity index (χ0v) is 10.9. The Hall–Kier alpha value is -0.560. The van der Waals surface area contributed by atoms with Crippen LogP contribution < -0.4 is 0 Å². The summed E-state index contributed by atoms with van der Waals surface area (Å²) in [6.45, 7) is 10.4. The SMILES string of the molecule is Br.C=CCc1ccc(C(C)(C)C)cc1. The fraction of sp³-hybridized carbons (Fsp3) is 0.385. The van der Waals surface area contributed by atoms with E-state index in [1.807, 2.05) is 6.08 Å². The first-order valence-corrected chi connectivity index (χ1v) is 4.74. The van der Waals surface area contributed by atoms with E-state index in [1.54, 1.807) is 0 Å². The summed E-state index contributed by atoms with van der Waals surface area (Å²) < 4.78 is 0. The standard InChI is InChI=1S/C13H18.BrH/c1-5-6-11-7-9-12(10-8-11)13(2,3)4;/h5,7-10H,1,6H2,2-4H3;1H. The van der Waals surface area contributed by atoms with Gasteiger partial charge < -0.3 is 0 Å². The van der Waals surface area contributed by atoms with Crippen LogP contribution in [0, 0.1) is 0 Å². The monoisotopic (exact) mass is 254 g/mol. The molecule has 0 heterocycles. The Kier molecular flexibility index (Phi) is 5.14. The van der Waals surface area contributed by atoms with Crippen molar-refractivity contribution in [2.75, 3.05) is 0 Å². The normalized spacial score (nSPS) is 10.5. The van der Waals surface area contributed by atoms with Gasteiger partial charge in [-0.3, -0.25) is 0 Å². The number of hydrogen-bond acceptors (Lipinski definition) is 0. The van der Waals surface area contributed by atoms with Crippen molar-refractivity contribution >= 4 is 17.0 Å². The van der Waals surface area contributed by atoms with Crippen molar-refractivity contribution in [1.82, 2.24) is 0 Å². The Bertz CT molecular complexity index is 277. The van der Waals surface area contributed by atoms with E-state index in [9.17, 15) is 0 Å². The Morgan fingerprint density at radius 2 is 1.64 bits per heavy atom. The number of allylic oxidation sites excluding steroid dienone is 1. The highest BCUT2D eigenvalue weighted by atomic mass is 79.9. The fourth-order valence-corrected chi connectivity index (χ4v) is 1.31.